The quantitative estimate of drug-likeness (QED) is 0.409. The van der Waals surface area contributed by atoms with Crippen molar-refractivity contribution in [2.45, 2.75) is 55.5 Å². The Morgan fingerprint density at radius 3 is 2.16 bits per heavy atom. The smallest absolute Gasteiger partial charge is 0.408 e. The van der Waals surface area contributed by atoms with Crippen molar-refractivity contribution >= 4 is 53.0 Å². The highest BCUT2D eigenvalue weighted by Gasteiger charge is 2.24. The number of carboxylic acid groups (broad SMARTS) is 1. The molecule has 0 saturated carbocycles. The number of hydrogen-bond donors (Lipinski definition) is 3. The number of alkyl carbamates (subject to hydrolysis) is 2. The Hall–Kier alpha value is -1.12. The number of rotatable bonds is 8. The number of carbonyl (C=O) groups is 3. The fourth-order valence-corrected chi connectivity index (χ4v) is 1.73. The Labute approximate surface area is 161 Å². The molecule has 0 aromatic carbocycles. The van der Waals surface area contributed by atoms with Gasteiger partial charge in [0, 0.05) is 6.54 Å². The monoisotopic (exact) mass is 420 g/mol. The fraction of sp³-hybridized carbons (Fsp3) is 0.786. The third-order valence-corrected chi connectivity index (χ3v) is 2.87. The maximum atomic E-state index is 11.6. The van der Waals surface area contributed by atoms with Crippen LogP contribution in [0.25, 0.3) is 0 Å². The predicted molar refractivity (Wildman–Crippen MR) is 94.3 cm³/mol. The van der Waals surface area contributed by atoms with Crippen molar-refractivity contribution in [3.63, 3.8) is 0 Å². The number of unbranched alkanes of at least 4 members (excludes halogenated alkanes) is 1. The van der Waals surface area contributed by atoms with Gasteiger partial charge in [0.2, 0.25) is 3.79 Å². The normalized spacial score (nSPS) is 12.9. The number of ether oxygens (including phenoxy) is 2. The highest BCUT2D eigenvalue weighted by molar-refractivity contribution is 6.67. The number of carboxylic acids is 1. The molecule has 11 heteroatoms. The van der Waals surface area contributed by atoms with E-state index in [1.54, 1.807) is 20.8 Å². The summed E-state index contributed by atoms with van der Waals surface area (Å²) in [6, 6.07) is -1.08. The molecule has 0 aliphatic rings. The van der Waals surface area contributed by atoms with Gasteiger partial charge < -0.3 is 25.2 Å². The molecule has 0 aliphatic heterocycles. The molecule has 3 N–H and O–H groups in total. The van der Waals surface area contributed by atoms with Crippen molar-refractivity contribution in [3.05, 3.63) is 0 Å². The molecular weight excluding hydrogens is 399 g/mol. The van der Waals surface area contributed by atoms with Crippen molar-refractivity contribution in [1.82, 2.24) is 10.6 Å². The van der Waals surface area contributed by atoms with E-state index >= 15 is 0 Å². The zero-order valence-corrected chi connectivity index (χ0v) is 16.5. The maximum Gasteiger partial charge on any atom is 0.408 e. The van der Waals surface area contributed by atoms with Crippen LogP contribution in [0.15, 0.2) is 0 Å². The second-order valence-corrected chi connectivity index (χ2v) is 8.67. The molecule has 0 saturated heterocycles. The molecule has 1 atom stereocenters. The van der Waals surface area contributed by atoms with Crippen LogP contribution in [0.4, 0.5) is 9.59 Å². The summed E-state index contributed by atoms with van der Waals surface area (Å²) in [4.78, 5) is 34.1. The summed E-state index contributed by atoms with van der Waals surface area (Å²) in [7, 11) is 0. The van der Waals surface area contributed by atoms with E-state index in [2.05, 4.69) is 15.4 Å². The van der Waals surface area contributed by atoms with Gasteiger partial charge in [0.05, 0.1) is 0 Å². The highest BCUT2D eigenvalue weighted by Crippen LogP contribution is 2.25. The molecule has 0 radical (unpaired) electrons. The Balaban J connectivity index is 4.04. The average molecular weight is 422 g/mol. The van der Waals surface area contributed by atoms with E-state index in [0.29, 0.717) is 12.8 Å². The second-order valence-electron chi connectivity index (χ2n) is 6.15. The van der Waals surface area contributed by atoms with Crippen molar-refractivity contribution in [2.75, 3.05) is 13.2 Å². The van der Waals surface area contributed by atoms with Gasteiger partial charge in [-0.05, 0) is 40.0 Å². The van der Waals surface area contributed by atoms with E-state index in [9.17, 15) is 14.4 Å². The zero-order valence-electron chi connectivity index (χ0n) is 14.2. The Kier molecular flexibility index (Phi) is 10.3. The summed E-state index contributed by atoms with van der Waals surface area (Å²) in [5, 5.41) is 13.8. The van der Waals surface area contributed by atoms with E-state index in [1.165, 1.54) is 0 Å². The number of aliphatic carboxylic acids is 1. The number of halogens is 3. The van der Waals surface area contributed by atoms with Crippen molar-refractivity contribution in [2.24, 2.45) is 0 Å². The molecular formula is C14H23Cl3N2O6. The number of alkyl halides is 3. The molecule has 25 heavy (non-hydrogen) atoms. The largest absolute Gasteiger partial charge is 0.480 e. The van der Waals surface area contributed by atoms with Crippen LogP contribution >= 0.6 is 34.8 Å². The molecule has 0 bridgehead atoms. The van der Waals surface area contributed by atoms with E-state index in [4.69, 9.17) is 44.6 Å². The Morgan fingerprint density at radius 1 is 1.08 bits per heavy atom. The molecule has 0 rings (SSSR count). The summed E-state index contributed by atoms with van der Waals surface area (Å²) in [5.41, 5.74) is -0.718. The summed E-state index contributed by atoms with van der Waals surface area (Å²) < 4.78 is 7.99. The summed E-state index contributed by atoms with van der Waals surface area (Å²) in [6.07, 6.45) is -0.444. The number of carbonyl (C=O) groups excluding carboxylic acids is 2. The van der Waals surface area contributed by atoms with Gasteiger partial charge in [-0.1, -0.05) is 34.8 Å². The molecule has 8 nitrogen and oxygen atoms in total. The first-order valence-corrected chi connectivity index (χ1v) is 8.63. The third-order valence-electron chi connectivity index (χ3n) is 2.54. The first-order chi connectivity index (χ1) is 11.3. The van der Waals surface area contributed by atoms with Gasteiger partial charge in [-0.2, -0.15) is 0 Å². The van der Waals surface area contributed by atoms with E-state index in [0.717, 1.165) is 0 Å². The first-order valence-electron chi connectivity index (χ1n) is 7.50. The SMILES string of the molecule is CC(C)(C)OC(=O)N[C@@H](CCCCNC(=O)OCC(Cl)(Cl)Cl)C(=O)O. The van der Waals surface area contributed by atoms with Crippen LogP contribution in [0.5, 0.6) is 0 Å². The molecule has 146 valence electrons. The summed E-state index contributed by atoms with van der Waals surface area (Å²) >= 11 is 16.3. The van der Waals surface area contributed by atoms with Crippen LogP contribution in [0.1, 0.15) is 40.0 Å². The van der Waals surface area contributed by atoms with Crippen molar-refractivity contribution < 1.29 is 29.0 Å². The minimum absolute atomic E-state index is 0.180. The maximum absolute atomic E-state index is 11.6. The second kappa shape index (κ2) is 10.8. The molecule has 0 fully saturated rings. The fourth-order valence-electron chi connectivity index (χ4n) is 1.57. The Bertz CT molecular complexity index is 462. The standard InChI is InChI=1S/C14H23Cl3N2O6/c1-13(2,3)25-12(23)19-9(10(20)21)6-4-5-7-18-11(22)24-8-14(15,16)17/h9H,4-8H2,1-3H3,(H,18,22)(H,19,23)(H,20,21)/t9-/m0/s1. The van der Waals surface area contributed by atoms with Crippen LogP contribution in [0.2, 0.25) is 0 Å². The van der Waals surface area contributed by atoms with Crippen LogP contribution in [0.3, 0.4) is 0 Å². The van der Waals surface area contributed by atoms with Gasteiger partial charge in [0.25, 0.3) is 0 Å². The van der Waals surface area contributed by atoms with Crippen LogP contribution < -0.4 is 10.6 Å². The van der Waals surface area contributed by atoms with Crippen molar-refractivity contribution in [1.29, 1.82) is 0 Å². The lowest BCUT2D eigenvalue weighted by Gasteiger charge is -2.22. The Morgan fingerprint density at radius 2 is 1.68 bits per heavy atom. The minimum atomic E-state index is -1.68. The molecule has 0 spiro atoms. The van der Waals surface area contributed by atoms with E-state index < -0.39 is 33.6 Å². The lowest BCUT2D eigenvalue weighted by molar-refractivity contribution is -0.139. The van der Waals surface area contributed by atoms with E-state index in [1.807, 2.05) is 0 Å². The molecule has 0 unspecified atom stereocenters. The van der Waals surface area contributed by atoms with Gasteiger partial charge in [0.15, 0.2) is 0 Å². The molecule has 0 aromatic rings. The average Bonchev–Trinajstić information content (AvgIpc) is 2.40. The minimum Gasteiger partial charge on any atom is -0.480 e. The van der Waals surface area contributed by atoms with Gasteiger partial charge in [-0.25, -0.2) is 14.4 Å². The first kappa shape index (κ1) is 23.9. The van der Waals surface area contributed by atoms with Crippen LogP contribution in [0, 0.1) is 0 Å². The van der Waals surface area contributed by atoms with Crippen LogP contribution in [-0.2, 0) is 14.3 Å². The summed E-state index contributed by atoms with van der Waals surface area (Å²) in [6.45, 7) is 4.89. The highest BCUT2D eigenvalue weighted by atomic mass is 35.6. The van der Waals surface area contributed by atoms with Gasteiger partial charge in [-0.15, -0.1) is 0 Å². The number of amides is 2. The molecule has 0 aromatic heterocycles. The number of hydrogen-bond acceptors (Lipinski definition) is 5. The summed E-state index contributed by atoms with van der Waals surface area (Å²) in [5.74, 6) is -1.17. The van der Waals surface area contributed by atoms with Gasteiger partial charge in [0.1, 0.15) is 18.2 Å². The molecule has 2 amide bonds. The van der Waals surface area contributed by atoms with E-state index in [-0.39, 0.29) is 19.6 Å². The zero-order chi connectivity index (χ0) is 19.7. The molecule has 0 aliphatic carbocycles. The third kappa shape index (κ3) is 14.9. The lowest BCUT2D eigenvalue weighted by atomic mass is 10.1. The van der Waals surface area contributed by atoms with Gasteiger partial charge >= 0.3 is 18.2 Å². The lowest BCUT2D eigenvalue weighted by Crippen LogP contribution is -2.43. The van der Waals surface area contributed by atoms with Gasteiger partial charge in [-0.3, -0.25) is 0 Å². The topological polar surface area (TPSA) is 114 Å². The number of nitrogens with one attached hydrogen (secondary N) is 2. The predicted octanol–water partition coefficient (Wildman–Crippen LogP) is 3.23. The van der Waals surface area contributed by atoms with Crippen molar-refractivity contribution in [3.8, 4) is 0 Å². The molecule has 0 heterocycles. The van der Waals surface area contributed by atoms with Crippen LogP contribution in [-0.4, -0.2) is 51.8 Å².